The van der Waals surface area contributed by atoms with Crippen LogP contribution in [0.3, 0.4) is 0 Å². The van der Waals surface area contributed by atoms with Gasteiger partial charge < -0.3 is 30.8 Å². The number of rotatable bonds is 10. The van der Waals surface area contributed by atoms with E-state index in [0.29, 0.717) is 30.7 Å². The van der Waals surface area contributed by atoms with Gasteiger partial charge in [0.1, 0.15) is 23.5 Å². The predicted octanol–water partition coefficient (Wildman–Crippen LogP) is 1.42. The van der Waals surface area contributed by atoms with Crippen LogP contribution in [-0.4, -0.2) is 59.5 Å². The number of aromatic nitrogens is 1. The zero-order valence-electron chi connectivity index (χ0n) is 18.9. The van der Waals surface area contributed by atoms with Crippen molar-refractivity contribution in [3.63, 3.8) is 0 Å². The minimum Gasteiger partial charge on any atom is -0.496 e. The third-order valence-corrected chi connectivity index (χ3v) is 5.72. The van der Waals surface area contributed by atoms with Crippen molar-refractivity contribution in [3.05, 3.63) is 30.0 Å². The van der Waals surface area contributed by atoms with E-state index in [1.165, 1.54) is 0 Å². The number of hydrogen-bond acceptors (Lipinski definition) is 5. The Hall–Kier alpha value is -3.56. The molecule has 0 unspecified atom stereocenters. The highest BCUT2D eigenvalue weighted by Gasteiger charge is 2.33. The molecule has 1 aliphatic heterocycles. The van der Waals surface area contributed by atoms with Crippen LogP contribution in [0, 0.1) is 11.8 Å². The number of aliphatic carboxylic acids is 1. The fraction of sp³-hybridized carbons (Fsp3) is 0.478. The lowest BCUT2D eigenvalue weighted by Crippen LogP contribution is -2.52. The second kappa shape index (κ2) is 10.4. The zero-order valence-corrected chi connectivity index (χ0v) is 18.9. The van der Waals surface area contributed by atoms with Crippen LogP contribution in [0.2, 0.25) is 0 Å². The molecule has 5 N–H and O–H groups in total. The summed E-state index contributed by atoms with van der Waals surface area (Å²) in [6, 6.07) is 4.87. The van der Waals surface area contributed by atoms with Crippen LogP contribution < -0.4 is 20.7 Å². The minimum absolute atomic E-state index is 0.00291. The van der Waals surface area contributed by atoms with Crippen molar-refractivity contribution in [2.75, 3.05) is 13.7 Å². The third kappa shape index (κ3) is 5.82. The predicted molar refractivity (Wildman–Crippen MR) is 121 cm³/mol. The average molecular weight is 459 g/mol. The van der Waals surface area contributed by atoms with Gasteiger partial charge in [-0.3, -0.25) is 14.4 Å². The fourth-order valence-electron chi connectivity index (χ4n) is 4.01. The minimum atomic E-state index is -1.23. The summed E-state index contributed by atoms with van der Waals surface area (Å²) in [6.45, 7) is 4.29. The lowest BCUT2D eigenvalue weighted by atomic mass is 9.97. The molecule has 0 saturated carbocycles. The van der Waals surface area contributed by atoms with Crippen LogP contribution >= 0.6 is 0 Å². The molecule has 1 aliphatic rings. The van der Waals surface area contributed by atoms with E-state index in [1.807, 2.05) is 19.9 Å². The second-order valence-corrected chi connectivity index (χ2v) is 8.67. The van der Waals surface area contributed by atoms with E-state index in [4.69, 9.17) is 4.74 Å². The Morgan fingerprint density at radius 2 is 1.97 bits per heavy atom. The molecule has 0 bridgehead atoms. The normalized spacial score (nSPS) is 17.5. The first-order valence-electron chi connectivity index (χ1n) is 11.0. The molecule has 3 rings (SSSR count). The largest absolute Gasteiger partial charge is 0.496 e. The maximum absolute atomic E-state index is 13.0. The summed E-state index contributed by atoms with van der Waals surface area (Å²) in [4.78, 5) is 52.5. The van der Waals surface area contributed by atoms with Gasteiger partial charge in [-0.25, -0.2) is 4.79 Å². The van der Waals surface area contributed by atoms with Crippen LogP contribution in [0.1, 0.15) is 43.6 Å². The van der Waals surface area contributed by atoms with E-state index in [2.05, 4.69) is 20.9 Å². The van der Waals surface area contributed by atoms with Crippen molar-refractivity contribution in [1.82, 2.24) is 20.9 Å². The number of carbonyl (C=O) groups excluding carboxylic acids is 3. The number of fused-ring (bicyclic) bond motifs is 1. The number of nitrogens with one attached hydrogen (secondary N) is 4. The van der Waals surface area contributed by atoms with Crippen molar-refractivity contribution in [3.8, 4) is 5.75 Å². The van der Waals surface area contributed by atoms with Gasteiger partial charge in [-0.15, -0.1) is 0 Å². The van der Waals surface area contributed by atoms with Gasteiger partial charge in [0.05, 0.1) is 7.11 Å². The van der Waals surface area contributed by atoms with E-state index in [-0.39, 0.29) is 23.9 Å². The molecule has 2 heterocycles. The van der Waals surface area contributed by atoms with Crippen LogP contribution in [0.4, 0.5) is 0 Å². The van der Waals surface area contributed by atoms with Gasteiger partial charge in [-0.2, -0.15) is 0 Å². The molecule has 1 aromatic heterocycles. The smallest absolute Gasteiger partial charge is 0.326 e. The van der Waals surface area contributed by atoms with E-state index in [1.54, 1.807) is 25.3 Å². The maximum atomic E-state index is 13.0. The van der Waals surface area contributed by atoms with Crippen LogP contribution in [0.15, 0.2) is 24.3 Å². The Labute approximate surface area is 191 Å². The number of carboxylic acids is 1. The van der Waals surface area contributed by atoms with Crippen molar-refractivity contribution < 1.29 is 29.0 Å². The number of H-pyrrole nitrogens is 1. The lowest BCUT2D eigenvalue weighted by Gasteiger charge is -2.23. The topological polar surface area (TPSA) is 150 Å². The van der Waals surface area contributed by atoms with E-state index in [0.717, 1.165) is 5.39 Å². The summed E-state index contributed by atoms with van der Waals surface area (Å²) < 4.78 is 5.32. The number of ether oxygens (including phenoxy) is 1. The van der Waals surface area contributed by atoms with Gasteiger partial charge in [0.25, 0.3) is 5.91 Å². The van der Waals surface area contributed by atoms with Crippen molar-refractivity contribution in [1.29, 1.82) is 0 Å². The molecule has 1 fully saturated rings. The zero-order chi connectivity index (χ0) is 24.1. The molecule has 1 saturated heterocycles. The highest BCUT2D eigenvalue weighted by Crippen LogP contribution is 2.26. The quantitative estimate of drug-likeness (QED) is 0.363. The molecule has 3 atom stereocenters. The van der Waals surface area contributed by atoms with Gasteiger partial charge in [0.2, 0.25) is 11.8 Å². The third-order valence-electron chi connectivity index (χ3n) is 5.72. The Morgan fingerprint density at radius 3 is 2.58 bits per heavy atom. The number of aromatic amines is 1. The van der Waals surface area contributed by atoms with Gasteiger partial charge in [-0.05, 0) is 43.4 Å². The molecular weight excluding hydrogens is 428 g/mol. The summed E-state index contributed by atoms with van der Waals surface area (Å²) in [5, 5.41) is 18.2. The van der Waals surface area contributed by atoms with Gasteiger partial charge in [0.15, 0.2) is 0 Å². The molecule has 3 amide bonds. The Morgan fingerprint density at radius 1 is 1.21 bits per heavy atom. The Balaban J connectivity index is 1.74. The fourth-order valence-corrected chi connectivity index (χ4v) is 4.01. The van der Waals surface area contributed by atoms with Crippen LogP contribution in [0.5, 0.6) is 5.75 Å². The number of methoxy groups -OCH3 is 1. The van der Waals surface area contributed by atoms with Crippen molar-refractivity contribution in [2.24, 2.45) is 11.8 Å². The highest BCUT2D eigenvalue weighted by atomic mass is 16.5. The SMILES string of the molecule is COc1cccc2[nH]c(C(=O)N[C@@H](CC(C)C)C(=O)N[C@@H](C[C@@H]3CCNC3=O)C(=O)O)cc12. The Bertz CT molecular complexity index is 1050. The molecular formula is C23H30N4O6. The molecule has 2 aromatic rings. The monoisotopic (exact) mass is 458 g/mol. The molecule has 0 spiro atoms. The first-order chi connectivity index (χ1) is 15.7. The van der Waals surface area contributed by atoms with Crippen molar-refractivity contribution in [2.45, 2.75) is 45.2 Å². The number of hydrogen-bond donors (Lipinski definition) is 5. The van der Waals surface area contributed by atoms with Crippen molar-refractivity contribution >= 4 is 34.6 Å². The van der Waals surface area contributed by atoms with E-state index >= 15 is 0 Å². The van der Waals surface area contributed by atoms with Gasteiger partial charge in [-0.1, -0.05) is 19.9 Å². The summed E-state index contributed by atoms with van der Waals surface area (Å²) >= 11 is 0. The average Bonchev–Trinajstić information content (AvgIpc) is 3.38. The number of benzene rings is 1. The van der Waals surface area contributed by atoms with Crippen LogP contribution in [-0.2, 0) is 14.4 Å². The highest BCUT2D eigenvalue weighted by molar-refractivity contribution is 6.01. The lowest BCUT2D eigenvalue weighted by molar-refractivity contribution is -0.142. The van der Waals surface area contributed by atoms with Gasteiger partial charge >= 0.3 is 5.97 Å². The first-order valence-corrected chi connectivity index (χ1v) is 11.0. The maximum Gasteiger partial charge on any atom is 0.326 e. The summed E-state index contributed by atoms with van der Waals surface area (Å²) in [5.74, 6) is -2.32. The van der Waals surface area contributed by atoms with E-state index < -0.39 is 35.8 Å². The molecule has 178 valence electrons. The molecule has 33 heavy (non-hydrogen) atoms. The first kappa shape index (κ1) is 24.1. The number of carboxylic acid groups (broad SMARTS) is 1. The molecule has 0 radical (unpaired) electrons. The molecule has 10 heteroatoms. The standard InChI is InChI=1S/C23H30N4O6/c1-12(2)9-16(21(29)27-18(23(31)32)10-13-7-8-24-20(13)28)26-22(30)17-11-14-15(25-17)5-4-6-19(14)33-3/h4-6,11-13,16,18,25H,7-10H2,1-3H3,(H,24,28)(H,26,30)(H,27,29)(H,31,32)/t13-,16-,18-/m0/s1. The molecule has 1 aromatic carbocycles. The Kier molecular flexibility index (Phi) is 7.57. The summed E-state index contributed by atoms with van der Waals surface area (Å²) in [6.07, 6.45) is 0.836. The summed E-state index contributed by atoms with van der Waals surface area (Å²) in [7, 11) is 1.54. The summed E-state index contributed by atoms with van der Waals surface area (Å²) in [5.41, 5.74) is 0.971. The van der Waals surface area contributed by atoms with E-state index in [9.17, 15) is 24.3 Å². The van der Waals surface area contributed by atoms with Gasteiger partial charge in [0, 0.05) is 23.4 Å². The number of amides is 3. The molecule has 0 aliphatic carbocycles. The second-order valence-electron chi connectivity index (χ2n) is 8.67. The molecule has 10 nitrogen and oxygen atoms in total. The van der Waals surface area contributed by atoms with Crippen LogP contribution in [0.25, 0.3) is 10.9 Å². The number of carbonyl (C=O) groups is 4.